The van der Waals surface area contributed by atoms with Crippen LogP contribution in [0.4, 0.5) is 39.5 Å². The molecule has 1 amide bonds. The van der Waals surface area contributed by atoms with Crippen molar-refractivity contribution >= 4 is 11.5 Å². The highest BCUT2D eigenvalue weighted by molar-refractivity contribution is 5.89. The largest absolute Gasteiger partial charge is 0.461 e. The van der Waals surface area contributed by atoms with E-state index in [1.165, 1.54) is 12.1 Å². The normalized spacial score (nSPS) is 14.0. The summed E-state index contributed by atoms with van der Waals surface area (Å²) in [6, 6.07) is 13.7. The summed E-state index contributed by atoms with van der Waals surface area (Å²) in [5.41, 5.74) is -4.71. The number of alkyl halides is 7. The van der Waals surface area contributed by atoms with E-state index in [1.807, 2.05) is 0 Å². The van der Waals surface area contributed by atoms with Crippen molar-refractivity contribution in [1.82, 2.24) is 5.32 Å². The Morgan fingerprint density at radius 1 is 0.854 bits per heavy atom. The molecule has 0 aliphatic rings. The van der Waals surface area contributed by atoms with Gasteiger partial charge in [-0.1, -0.05) is 62.9 Å². The molecule has 0 spiro atoms. The Morgan fingerprint density at radius 2 is 1.44 bits per heavy atom. The highest BCUT2D eigenvalue weighted by Crippen LogP contribution is 2.45. The molecule has 0 aromatic heterocycles. The second-order valence-electron chi connectivity index (χ2n) is 9.87. The maximum Gasteiger partial charge on any atom is 0.461 e. The van der Waals surface area contributed by atoms with Crippen LogP contribution >= 0.6 is 0 Å². The molecule has 0 aliphatic carbocycles. The number of amides is 1. The zero-order valence-corrected chi connectivity index (χ0v) is 21.6. The molecule has 0 heterocycles. The second kappa shape index (κ2) is 11.5. The monoisotopic (exact) mass is 589 g/mol. The van der Waals surface area contributed by atoms with Crippen molar-refractivity contribution < 1.29 is 49.0 Å². The van der Waals surface area contributed by atoms with Crippen LogP contribution in [0.25, 0.3) is 5.57 Å². The molecule has 0 saturated heterocycles. The average Bonchev–Trinajstić information content (AvgIpc) is 2.85. The van der Waals surface area contributed by atoms with Crippen molar-refractivity contribution in [3.63, 3.8) is 0 Å². The molecule has 3 rings (SSSR count). The third-order valence-corrected chi connectivity index (χ3v) is 6.22. The zero-order chi connectivity index (χ0) is 30.8. The minimum atomic E-state index is -5.04. The summed E-state index contributed by atoms with van der Waals surface area (Å²) < 4.78 is 126. The molecule has 0 unspecified atom stereocenters. The zero-order valence-electron chi connectivity index (χ0n) is 21.6. The molecule has 220 valence electrons. The van der Waals surface area contributed by atoms with E-state index in [4.69, 9.17) is 0 Å². The van der Waals surface area contributed by atoms with Gasteiger partial charge in [0.1, 0.15) is 22.9 Å². The predicted molar refractivity (Wildman–Crippen MR) is 133 cm³/mol. The first-order chi connectivity index (χ1) is 18.9. The van der Waals surface area contributed by atoms with Gasteiger partial charge in [0.15, 0.2) is 0 Å². The first kappa shape index (κ1) is 31.6. The fourth-order valence-electron chi connectivity index (χ4n) is 4.25. The van der Waals surface area contributed by atoms with Crippen LogP contribution in [-0.2, 0) is 10.3 Å². The van der Waals surface area contributed by atoms with Gasteiger partial charge in [0.25, 0.3) is 0 Å². The van der Waals surface area contributed by atoms with Crippen molar-refractivity contribution in [3.8, 4) is 5.75 Å². The topological polar surface area (TPSA) is 38.3 Å². The van der Waals surface area contributed by atoms with Crippen molar-refractivity contribution in [3.05, 3.63) is 108 Å². The lowest BCUT2D eigenvalue weighted by Gasteiger charge is -2.41. The third-order valence-electron chi connectivity index (χ3n) is 6.22. The first-order valence-corrected chi connectivity index (χ1v) is 11.9. The van der Waals surface area contributed by atoms with Crippen molar-refractivity contribution in [2.45, 2.75) is 44.5 Å². The van der Waals surface area contributed by atoms with E-state index in [0.29, 0.717) is 12.1 Å². The number of ether oxygens (including phenoxy) is 1. The molecular weight excluding hydrogens is 565 g/mol. The molecule has 0 radical (unpaired) electrons. The Hall–Kier alpha value is -3.96. The molecule has 41 heavy (non-hydrogen) atoms. The summed E-state index contributed by atoms with van der Waals surface area (Å²) in [5, 5.41) is 2.46. The Morgan fingerprint density at radius 3 is 1.98 bits per heavy atom. The van der Waals surface area contributed by atoms with Crippen molar-refractivity contribution in [2.75, 3.05) is 0 Å². The molecule has 12 heteroatoms. The maximum absolute atomic E-state index is 14.9. The Bertz CT molecular complexity index is 1390. The van der Waals surface area contributed by atoms with Crippen LogP contribution in [0.15, 0.2) is 79.4 Å². The quantitative estimate of drug-likeness (QED) is 0.242. The number of carbonyl (C=O) groups is 1. The number of halogens is 9. The highest BCUT2D eigenvalue weighted by Gasteiger charge is 2.48. The van der Waals surface area contributed by atoms with Gasteiger partial charge in [-0.25, -0.2) is 8.78 Å². The SMILES string of the molecule is C=C(c1ccccc1)[C@@](NC(=O)C(C)(C)CC(F)(F)F)(c1ccc(F)cc1)c1cc(F)cc(OC(F)(F)C(F)F)c1. The smallest absolute Gasteiger partial charge is 0.428 e. The lowest BCUT2D eigenvalue weighted by atomic mass is 9.73. The van der Waals surface area contributed by atoms with E-state index >= 15 is 0 Å². The van der Waals surface area contributed by atoms with Crippen LogP contribution in [0.5, 0.6) is 5.75 Å². The number of hydrogen-bond acceptors (Lipinski definition) is 2. The molecule has 0 bridgehead atoms. The van der Waals surface area contributed by atoms with Crippen LogP contribution in [0.1, 0.15) is 37.0 Å². The molecule has 0 aliphatic heterocycles. The first-order valence-electron chi connectivity index (χ1n) is 11.9. The number of nitrogens with one attached hydrogen (secondary N) is 1. The standard InChI is InChI=1S/C29H24F9NO2/c1-17(18-7-5-4-6-8-18)28(19-9-11-21(30)12-10-19,39-25(40)26(2,3)16-27(34,35)36)20-13-22(31)15-23(14-20)41-29(37,38)24(32)33/h4-15,24H,1,16H2,2-3H3,(H,39,40)/t28-/m1/s1. The Labute approximate surface area is 229 Å². The highest BCUT2D eigenvalue weighted by atomic mass is 19.4. The molecule has 0 saturated carbocycles. The van der Waals surface area contributed by atoms with E-state index in [2.05, 4.69) is 16.6 Å². The fraction of sp³-hybridized carbons (Fsp3) is 0.276. The van der Waals surface area contributed by atoms with Gasteiger partial charge in [0, 0.05) is 6.07 Å². The summed E-state index contributed by atoms with van der Waals surface area (Å²) in [5.74, 6) is -4.34. The van der Waals surface area contributed by atoms with Gasteiger partial charge in [-0.05, 0) is 46.5 Å². The lowest BCUT2D eigenvalue weighted by Crippen LogP contribution is -2.52. The second-order valence-corrected chi connectivity index (χ2v) is 9.87. The van der Waals surface area contributed by atoms with E-state index in [9.17, 15) is 44.3 Å². The fourth-order valence-corrected chi connectivity index (χ4v) is 4.25. The van der Waals surface area contributed by atoms with Gasteiger partial charge in [-0.3, -0.25) is 4.79 Å². The third kappa shape index (κ3) is 7.22. The molecule has 3 aromatic rings. The summed E-state index contributed by atoms with van der Waals surface area (Å²) in [7, 11) is 0. The minimum Gasteiger partial charge on any atom is -0.428 e. The van der Waals surface area contributed by atoms with E-state index in [0.717, 1.165) is 44.2 Å². The summed E-state index contributed by atoms with van der Waals surface area (Å²) in [6.07, 6.45) is -15.7. The molecule has 0 fully saturated rings. The van der Waals surface area contributed by atoms with Crippen LogP contribution in [0.2, 0.25) is 0 Å². The van der Waals surface area contributed by atoms with Crippen LogP contribution in [0.3, 0.4) is 0 Å². The summed E-state index contributed by atoms with van der Waals surface area (Å²) in [4.78, 5) is 13.5. The molecule has 3 nitrogen and oxygen atoms in total. The predicted octanol–water partition coefficient (Wildman–Crippen LogP) is 8.25. The minimum absolute atomic E-state index is 0.0684. The van der Waals surface area contributed by atoms with Gasteiger partial charge >= 0.3 is 18.7 Å². The lowest BCUT2D eigenvalue weighted by molar-refractivity contribution is -0.253. The number of hydrogen-bond donors (Lipinski definition) is 1. The Balaban J connectivity index is 2.36. The van der Waals surface area contributed by atoms with E-state index in [-0.39, 0.29) is 16.7 Å². The van der Waals surface area contributed by atoms with Crippen LogP contribution in [-0.4, -0.2) is 24.6 Å². The number of benzene rings is 3. The summed E-state index contributed by atoms with van der Waals surface area (Å²) >= 11 is 0. The van der Waals surface area contributed by atoms with Crippen molar-refractivity contribution in [1.29, 1.82) is 0 Å². The molecule has 1 N–H and O–H groups in total. The Kier molecular flexibility index (Phi) is 8.85. The van der Waals surface area contributed by atoms with Gasteiger partial charge in [0.05, 0.1) is 11.8 Å². The number of rotatable bonds is 10. The van der Waals surface area contributed by atoms with Gasteiger partial charge < -0.3 is 10.1 Å². The number of carbonyl (C=O) groups excluding carboxylic acids is 1. The molecule has 3 aromatic carbocycles. The maximum atomic E-state index is 14.9. The van der Waals surface area contributed by atoms with Gasteiger partial charge in [-0.2, -0.15) is 30.7 Å². The molecule has 1 atom stereocenters. The molecular formula is C29H24F9NO2. The van der Waals surface area contributed by atoms with E-state index in [1.54, 1.807) is 18.2 Å². The van der Waals surface area contributed by atoms with E-state index < -0.39 is 64.9 Å². The summed E-state index contributed by atoms with van der Waals surface area (Å²) in [6.45, 7) is 5.98. The van der Waals surface area contributed by atoms with Crippen LogP contribution in [0, 0.1) is 17.0 Å². The van der Waals surface area contributed by atoms with Crippen LogP contribution < -0.4 is 10.1 Å². The average molecular weight is 589 g/mol. The van der Waals surface area contributed by atoms with Gasteiger partial charge in [-0.15, -0.1) is 0 Å². The van der Waals surface area contributed by atoms with Crippen molar-refractivity contribution in [2.24, 2.45) is 5.41 Å². The van der Waals surface area contributed by atoms with Gasteiger partial charge in [0.2, 0.25) is 5.91 Å².